The molecule has 1 heterocycles. The van der Waals surface area contributed by atoms with E-state index in [1.807, 2.05) is 16.8 Å². The standard InChI is InChI=1S/C15H17N3O4S/c1-15(2,3)22-14(19)16-17(13-8-9-23-10-13)11-4-6-12(7-5-11)18(20)21/h4-10H,1-3H3,(H,16,19). The number of thiophene rings is 1. The van der Waals surface area contributed by atoms with Crippen LogP contribution in [0.15, 0.2) is 41.1 Å². The van der Waals surface area contributed by atoms with Crippen LogP contribution in [0.3, 0.4) is 0 Å². The second kappa shape index (κ2) is 6.66. The Labute approximate surface area is 137 Å². The molecule has 23 heavy (non-hydrogen) atoms. The van der Waals surface area contributed by atoms with Crippen LogP contribution in [0.5, 0.6) is 0 Å². The number of nitro benzene ring substituents is 1. The van der Waals surface area contributed by atoms with Crippen LogP contribution in [-0.2, 0) is 4.74 Å². The van der Waals surface area contributed by atoms with Gasteiger partial charge in [0, 0.05) is 17.5 Å². The maximum absolute atomic E-state index is 12.0. The first-order valence-corrected chi connectivity index (χ1v) is 7.77. The molecule has 8 heteroatoms. The highest BCUT2D eigenvalue weighted by molar-refractivity contribution is 7.08. The summed E-state index contributed by atoms with van der Waals surface area (Å²) in [7, 11) is 0. The van der Waals surface area contributed by atoms with E-state index in [-0.39, 0.29) is 5.69 Å². The first-order valence-electron chi connectivity index (χ1n) is 6.83. The number of anilines is 2. The average molecular weight is 335 g/mol. The fraction of sp³-hybridized carbons (Fsp3) is 0.267. The number of rotatable bonds is 4. The maximum atomic E-state index is 12.0. The number of nitro groups is 1. The Balaban J connectivity index is 2.25. The smallest absolute Gasteiger partial charge is 0.426 e. The van der Waals surface area contributed by atoms with Gasteiger partial charge >= 0.3 is 6.09 Å². The van der Waals surface area contributed by atoms with Gasteiger partial charge in [-0.3, -0.25) is 15.1 Å². The molecule has 0 spiro atoms. The lowest BCUT2D eigenvalue weighted by Gasteiger charge is -2.26. The second-order valence-electron chi connectivity index (χ2n) is 5.70. The summed E-state index contributed by atoms with van der Waals surface area (Å²) in [5.41, 5.74) is 3.32. The third kappa shape index (κ3) is 4.68. The van der Waals surface area contributed by atoms with E-state index >= 15 is 0 Å². The van der Waals surface area contributed by atoms with Gasteiger partial charge in [0.2, 0.25) is 0 Å². The Morgan fingerprint density at radius 2 is 1.87 bits per heavy atom. The molecule has 0 aliphatic rings. The van der Waals surface area contributed by atoms with Crippen molar-refractivity contribution >= 4 is 34.5 Å². The van der Waals surface area contributed by atoms with Crippen molar-refractivity contribution in [3.05, 3.63) is 51.2 Å². The number of nitrogens with one attached hydrogen (secondary N) is 1. The van der Waals surface area contributed by atoms with Gasteiger partial charge in [0.25, 0.3) is 5.69 Å². The molecule has 2 aromatic rings. The van der Waals surface area contributed by atoms with E-state index in [1.165, 1.54) is 28.5 Å². The normalized spacial score (nSPS) is 10.9. The van der Waals surface area contributed by atoms with Gasteiger partial charge in [0.05, 0.1) is 16.3 Å². The molecule has 2 rings (SSSR count). The fourth-order valence-electron chi connectivity index (χ4n) is 1.78. The van der Waals surface area contributed by atoms with E-state index in [0.29, 0.717) is 5.69 Å². The zero-order chi connectivity index (χ0) is 17.0. The summed E-state index contributed by atoms with van der Waals surface area (Å²) in [6.07, 6.45) is -0.609. The molecule has 1 N–H and O–H groups in total. The number of amides is 1. The predicted molar refractivity (Wildman–Crippen MR) is 88.9 cm³/mol. The molecule has 0 fully saturated rings. The monoisotopic (exact) mass is 335 g/mol. The number of benzene rings is 1. The minimum atomic E-state index is -0.625. The molecular formula is C15H17N3O4S. The van der Waals surface area contributed by atoms with Gasteiger partial charge < -0.3 is 4.74 Å². The molecular weight excluding hydrogens is 318 g/mol. The van der Waals surface area contributed by atoms with E-state index in [1.54, 1.807) is 32.9 Å². The lowest BCUT2D eigenvalue weighted by molar-refractivity contribution is -0.384. The Morgan fingerprint density at radius 3 is 2.35 bits per heavy atom. The summed E-state index contributed by atoms with van der Waals surface area (Å²) in [5, 5.41) is 16.0. The fourth-order valence-corrected chi connectivity index (χ4v) is 2.40. The van der Waals surface area contributed by atoms with E-state index in [0.717, 1.165) is 5.69 Å². The lowest BCUT2D eigenvalue weighted by Crippen LogP contribution is -2.42. The molecule has 1 amide bonds. The highest BCUT2D eigenvalue weighted by Crippen LogP contribution is 2.27. The van der Waals surface area contributed by atoms with Crippen molar-refractivity contribution in [1.82, 2.24) is 5.43 Å². The van der Waals surface area contributed by atoms with Gasteiger partial charge in [-0.1, -0.05) is 0 Å². The number of hydrazine groups is 1. The summed E-state index contributed by atoms with van der Waals surface area (Å²) in [5.74, 6) is 0. The molecule has 0 aliphatic heterocycles. The third-order valence-electron chi connectivity index (χ3n) is 2.69. The Hall–Kier alpha value is -2.61. The summed E-state index contributed by atoms with van der Waals surface area (Å²) < 4.78 is 5.25. The van der Waals surface area contributed by atoms with E-state index in [2.05, 4.69) is 5.43 Å². The topological polar surface area (TPSA) is 84.7 Å². The van der Waals surface area contributed by atoms with Crippen LogP contribution < -0.4 is 10.4 Å². The van der Waals surface area contributed by atoms with Gasteiger partial charge in [0.1, 0.15) is 5.60 Å². The van der Waals surface area contributed by atoms with Gasteiger partial charge in [-0.2, -0.15) is 11.3 Å². The molecule has 0 aliphatic carbocycles. The molecule has 1 aromatic heterocycles. The molecule has 0 atom stereocenters. The first-order chi connectivity index (χ1) is 10.8. The first kappa shape index (κ1) is 16.8. The predicted octanol–water partition coefficient (Wildman–Crippen LogP) is 4.23. The van der Waals surface area contributed by atoms with E-state index in [9.17, 15) is 14.9 Å². The van der Waals surface area contributed by atoms with Crippen LogP contribution in [0, 0.1) is 10.1 Å². The summed E-state index contributed by atoms with van der Waals surface area (Å²) in [6.45, 7) is 5.31. The Bertz CT molecular complexity index is 678. The van der Waals surface area contributed by atoms with E-state index < -0.39 is 16.6 Å². The van der Waals surface area contributed by atoms with Crippen LogP contribution in [-0.4, -0.2) is 16.6 Å². The minimum absolute atomic E-state index is 0.0173. The van der Waals surface area contributed by atoms with Crippen molar-refractivity contribution in [2.24, 2.45) is 0 Å². The number of carbonyl (C=O) groups is 1. The maximum Gasteiger partial charge on any atom is 0.426 e. The molecule has 0 bridgehead atoms. The van der Waals surface area contributed by atoms with Crippen LogP contribution in [0.4, 0.5) is 21.9 Å². The highest BCUT2D eigenvalue weighted by Gasteiger charge is 2.20. The molecule has 1 aromatic carbocycles. The zero-order valence-corrected chi connectivity index (χ0v) is 13.8. The van der Waals surface area contributed by atoms with E-state index in [4.69, 9.17) is 4.74 Å². The van der Waals surface area contributed by atoms with Crippen molar-refractivity contribution in [2.45, 2.75) is 26.4 Å². The number of hydrogen-bond acceptors (Lipinski definition) is 6. The van der Waals surface area contributed by atoms with Crippen molar-refractivity contribution in [3.63, 3.8) is 0 Å². The number of ether oxygens (including phenoxy) is 1. The Morgan fingerprint density at radius 1 is 1.22 bits per heavy atom. The molecule has 0 radical (unpaired) electrons. The summed E-state index contributed by atoms with van der Waals surface area (Å²) in [6, 6.07) is 7.71. The van der Waals surface area contributed by atoms with Gasteiger partial charge in [-0.15, -0.1) is 0 Å². The second-order valence-corrected chi connectivity index (χ2v) is 6.48. The van der Waals surface area contributed by atoms with Crippen LogP contribution in [0.2, 0.25) is 0 Å². The van der Waals surface area contributed by atoms with Gasteiger partial charge in [0.15, 0.2) is 0 Å². The summed E-state index contributed by atoms with van der Waals surface area (Å²) >= 11 is 1.47. The molecule has 122 valence electrons. The van der Waals surface area contributed by atoms with Crippen LogP contribution in [0.25, 0.3) is 0 Å². The van der Waals surface area contributed by atoms with Crippen molar-refractivity contribution in [2.75, 3.05) is 5.01 Å². The number of non-ortho nitro benzene ring substituents is 1. The van der Waals surface area contributed by atoms with Crippen LogP contribution in [0.1, 0.15) is 20.8 Å². The molecule has 7 nitrogen and oxygen atoms in total. The van der Waals surface area contributed by atoms with Crippen molar-refractivity contribution < 1.29 is 14.5 Å². The van der Waals surface area contributed by atoms with Crippen molar-refractivity contribution in [3.8, 4) is 0 Å². The molecule has 0 saturated carbocycles. The Kier molecular flexibility index (Phi) is 4.85. The molecule has 0 saturated heterocycles. The quantitative estimate of drug-likeness (QED) is 0.667. The summed E-state index contributed by atoms with van der Waals surface area (Å²) in [4.78, 5) is 22.3. The van der Waals surface area contributed by atoms with Crippen LogP contribution >= 0.6 is 11.3 Å². The SMILES string of the molecule is CC(C)(C)OC(=O)NN(c1ccc([N+](=O)[O-])cc1)c1ccsc1. The highest BCUT2D eigenvalue weighted by atomic mass is 32.1. The minimum Gasteiger partial charge on any atom is -0.443 e. The average Bonchev–Trinajstić information content (AvgIpc) is 2.97. The zero-order valence-electron chi connectivity index (χ0n) is 13.0. The number of carbonyl (C=O) groups excluding carboxylic acids is 1. The third-order valence-corrected chi connectivity index (χ3v) is 3.36. The van der Waals surface area contributed by atoms with Gasteiger partial charge in [-0.25, -0.2) is 10.2 Å². The largest absolute Gasteiger partial charge is 0.443 e. The number of nitrogens with zero attached hydrogens (tertiary/aromatic N) is 2. The number of hydrogen-bond donors (Lipinski definition) is 1. The van der Waals surface area contributed by atoms with Gasteiger partial charge in [-0.05, 0) is 44.4 Å². The van der Waals surface area contributed by atoms with Crippen molar-refractivity contribution in [1.29, 1.82) is 0 Å². The lowest BCUT2D eigenvalue weighted by atomic mass is 10.2. The molecule has 0 unspecified atom stereocenters.